The van der Waals surface area contributed by atoms with E-state index in [4.69, 9.17) is 17.3 Å². The summed E-state index contributed by atoms with van der Waals surface area (Å²) in [4.78, 5) is 11.3. The van der Waals surface area contributed by atoms with Crippen LogP contribution in [0.5, 0.6) is 0 Å². The van der Waals surface area contributed by atoms with E-state index in [2.05, 4.69) is 4.74 Å². The first-order valence-corrected chi connectivity index (χ1v) is 4.95. The highest BCUT2D eigenvalue weighted by Gasteiger charge is 2.29. The Labute approximate surface area is 94.2 Å². The van der Waals surface area contributed by atoms with Crippen LogP contribution in [-0.2, 0) is 16.0 Å². The summed E-state index contributed by atoms with van der Waals surface area (Å²) in [6.07, 6.45) is 0.427. The normalized spacial score (nSPS) is 14.4. The van der Waals surface area contributed by atoms with Crippen LogP contribution in [0, 0.1) is 0 Å². The van der Waals surface area contributed by atoms with E-state index < -0.39 is 11.5 Å². The van der Waals surface area contributed by atoms with Gasteiger partial charge in [0.2, 0.25) is 0 Å². The zero-order valence-corrected chi connectivity index (χ0v) is 9.54. The number of hydrogen-bond donors (Lipinski definition) is 1. The molecule has 0 saturated carbocycles. The summed E-state index contributed by atoms with van der Waals surface area (Å²) >= 11 is 5.75. The smallest absolute Gasteiger partial charge is 0.325 e. The molecule has 0 bridgehead atoms. The molecular weight excluding hydrogens is 214 g/mol. The predicted octanol–water partition coefficient (Wildman–Crippen LogP) is 1.77. The average Bonchev–Trinajstić information content (AvgIpc) is 2.20. The largest absolute Gasteiger partial charge is 0.468 e. The molecule has 1 rings (SSSR count). The van der Waals surface area contributed by atoms with Crippen LogP contribution in [0.15, 0.2) is 24.3 Å². The van der Waals surface area contributed by atoms with Crippen LogP contribution in [0.3, 0.4) is 0 Å². The zero-order valence-electron chi connectivity index (χ0n) is 8.79. The van der Waals surface area contributed by atoms with Gasteiger partial charge in [0.15, 0.2) is 0 Å². The van der Waals surface area contributed by atoms with Crippen molar-refractivity contribution in [2.45, 2.75) is 18.9 Å². The molecule has 0 heterocycles. The third kappa shape index (κ3) is 3.22. The molecule has 0 fully saturated rings. The van der Waals surface area contributed by atoms with E-state index in [0.29, 0.717) is 11.4 Å². The number of methoxy groups -OCH3 is 1. The second-order valence-electron chi connectivity index (χ2n) is 3.71. The van der Waals surface area contributed by atoms with Gasteiger partial charge in [0.05, 0.1) is 7.11 Å². The van der Waals surface area contributed by atoms with Crippen LogP contribution < -0.4 is 5.73 Å². The van der Waals surface area contributed by atoms with E-state index in [-0.39, 0.29) is 0 Å². The van der Waals surface area contributed by atoms with Gasteiger partial charge in [-0.1, -0.05) is 23.7 Å². The van der Waals surface area contributed by atoms with E-state index >= 15 is 0 Å². The minimum Gasteiger partial charge on any atom is -0.468 e. The summed E-state index contributed by atoms with van der Waals surface area (Å²) in [5.41, 5.74) is 5.79. The fraction of sp³-hybridized carbons (Fsp3) is 0.364. The maximum atomic E-state index is 11.3. The Morgan fingerprint density at radius 2 is 2.00 bits per heavy atom. The van der Waals surface area contributed by atoms with Crippen molar-refractivity contribution in [1.29, 1.82) is 0 Å². The molecule has 1 aromatic rings. The number of ether oxygens (including phenoxy) is 1. The molecule has 2 N–H and O–H groups in total. The number of carbonyl (C=O) groups is 1. The van der Waals surface area contributed by atoms with Crippen LogP contribution >= 0.6 is 11.6 Å². The molecule has 0 aliphatic carbocycles. The Morgan fingerprint density at radius 3 is 2.47 bits per heavy atom. The van der Waals surface area contributed by atoms with Crippen molar-refractivity contribution in [2.24, 2.45) is 5.73 Å². The van der Waals surface area contributed by atoms with Crippen molar-refractivity contribution in [1.82, 2.24) is 0 Å². The number of esters is 1. The van der Waals surface area contributed by atoms with Crippen molar-refractivity contribution in [2.75, 3.05) is 7.11 Å². The van der Waals surface area contributed by atoms with E-state index in [1.54, 1.807) is 19.1 Å². The SMILES string of the molecule is COC(=O)[C@@](C)(N)Cc1ccc(Cl)cc1. The number of benzene rings is 1. The Hall–Kier alpha value is -1.06. The molecule has 0 unspecified atom stereocenters. The van der Waals surface area contributed by atoms with Crippen LogP contribution in [0.4, 0.5) is 0 Å². The highest BCUT2D eigenvalue weighted by atomic mass is 35.5. The van der Waals surface area contributed by atoms with E-state index in [9.17, 15) is 4.79 Å². The molecule has 4 heteroatoms. The van der Waals surface area contributed by atoms with Gasteiger partial charge in [0.1, 0.15) is 5.54 Å². The van der Waals surface area contributed by atoms with Crippen LogP contribution in [0.2, 0.25) is 5.02 Å². The third-order valence-corrected chi connectivity index (χ3v) is 2.39. The molecule has 1 aromatic carbocycles. The van der Waals surface area contributed by atoms with Gasteiger partial charge in [-0.3, -0.25) is 4.79 Å². The lowest BCUT2D eigenvalue weighted by Gasteiger charge is -2.21. The van der Waals surface area contributed by atoms with Gasteiger partial charge in [-0.25, -0.2) is 0 Å². The van der Waals surface area contributed by atoms with Crippen molar-refractivity contribution in [3.8, 4) is 0 Å². The molecular formula is C11H14ClNO2. The second kappa shape index (κ2) is 4.64. The highest BCUT2D eigenvalue weighted by Crippen LogP contribution is 2.15. The summed E-state index contributed by atoms with van der Waals surface area (Å²) in [6, 6.07) is 7.22. The first-order chi connectivity index (χ1) is 6.95. The first-order valence-electron chi connectivity index (χ1n) is 4.57. The number of carbonyl (C=O) groups excluding carboxylic acids is 1. The van der Waals surface area contributed by atoms with Gasteiger partial charge in [0, 0.05) is 11.4 Å². The first kappa shape index (κ1) is 12.0. The lowest BCUT2D eigenvalue weighted by molar-refractivity contribution is -0.146. The molecule has 0 aromatic heterocycles. The Kier molecular flexibility index (Phi) is 3.72. The topological polar surface area (TPSA) is 52.3 Å². The van der Waals surface area contributed by atoms with Gasteiger partial charge < -0.3 is 10.5 Å². The van der Waals surface area contributed by atoms with Gasteiger partial charge >= 0.3 is 5.97 Å². The highest BCUT2D eigenvalue weighted by molar-refractivity contribution is 6.30. The molecule has 15 heavy (non-hydrogen) atoms. The molecule has 3 nitrogen and oxygen atoms in total. The number of hydrogen-bond acceptors (Lipinski definition) is 3. The van der Waals surface area contributed by atoms with Crippen LogP contribution in [0.1, 0.15) is 12.5 Å². The van der Waals surface area contributed by atoms with Gasteiger partial charge in [0.25, 0.3) is 0 Å². The van der Waals surface area contributed by atoms with E-state index in [1.807, 2.05) is 12.1 Å². The molecule has 0 aliphatic heterocycles. The van der Waals surface area contributed by atoms with Crippen LogP contribution in [-0.4, -0.2) is 18.6 Å². The van der Waals surface area contributed by atoms with Crippen molar-refractivity contribution in [3.63, 3.8) is 0 Å². The maximum absolute atomic E-state index is 11.3. The minimum atomic E-state index is -0.997. The van der Waals surface area contributed by atoms with E-state index in [1.165, 1.54) is 7.11 Å². The summed E-state index contributed by atoms with van der Waals surface area (Å²) in [6.45, 7) is 1.65. The lowest BCUT2D eigenvalue weighted by atomic mass is 9.94. The molecule has 0 amide bonds. The summed E-state index contributed by atoms with van der Waals surface area (Å²) in [7, 11) is 1.33. The lowest BCUT2D eigenvalue weighted by Crippen LogP contribution is -2.47. The second-order valence-corrected chi connectivity index (χ2v) is 4.15. The predicted molar refractivity (Wildman–Crippen MR) is 59.8 cm³/mol. The fourth-order valence-electron chi connectivity index (χ4n) is 1.33. The van der Waals surface area contributed by atoms with E-state index in [0.717, 1.165) is 5.56 Å². The molecule has 0 spiro atoms. The third-order valence-electron chi connectivity index (χ3n) is 2.14. The standard InChI is InChI=1S/C11H14ClNO2/c1-11(13,10(14)15-2)7-8-3-5-9(12)6-4-8/h3-6H,7,13H2,1-2H3/t11-/m0/s1. The average molecular weight is 228 g/mol. The van der Waals surface area contributed by atoms with Gasteiger partial charge in [-0.15, -0.1) is 0 Å². The zero-order chi connectivity index (χ0) is 11.5. The summed E-state index contributed by atoms with van der Waals surface area (Å²) < 4.78 is 4.62. The van der Waals surface area contributed by atoms with Crippen molar-refractivity contribution >= 4 is 17.6 Å². The molecule has 82 valence electrons. The molecule has 0 saturated heterocycles. The minimum absolute atomic E-state index is 0.419. The number of rotatable bonds is 3. The number of nitrogens with two attached hydrogens (primary N) is 1. The van der Waals surface area contributed by atoms with Gasteiger partial charge in [-0.2, -0.15) is 0 Å². The van der Waals surface area contributed by atoms with Crippen molar-refractivity contribution < 1.29 is 9.53 Å². The molecule has 1 atom stereocenters. The monoisotopic (exact) mass is 227 g/mol. The number of halogens is 1. The summed E-state index contributed by atoms with van der Waals surface area (Å²) in [5.74, 6) is -0.419. The molecule has 0 radical (unpaired) electrons. The Morgan fingerprint density at radius 1 is 1.47 bits per heavy atom. The fourth-order valence-corrected chi connectivity index (χ4v) is 1.46. The quantitative estimate of drug-likeness (QED) is 0.801. The van der Waals surface area contributed by atoms with Gasteiger partial charge in [-0.05, 0) is 24.6 Å². The molecule has 0 aliphatic rings. The Bertz CT molecular complexity index is 346. The Balaban J connectivity index is 2.77. The van der Waals surface area contributed by atoms with Crippen molar-refractivity contribution in [3.05, 3.63) is 34.9 Å². The summed E-state index contributed by atoms with van der Waals surface area (Å²) in [5, 5.41) is 0.663. The maximum Gasteiger partial charge on any atom is 0.325 e. The van der Waals surface area contributed by atoms with Crippen LogP contribution in [0.25, 0.3) is 0 Å².